The SMILES string of the molecule is Cc1cc(C(F)(F)F)cnc1N1CCN(c2ccc(NC(=O)C3=CCC(C)S3)c3nonc23)CC1. The van der Waals surface area contributed by atoms with Gasteiger partial charge in [-0.2, -0.15) is 13.2 Å². The first-order valence-corrected chi connectivity index (χ1v) is 12.1. The van der Waals surface area contributed by atoms with E-state index in [2.05, 4.69) is 32.4 Å². The Labute approximate surface area is 203 Å². The van der Waals surface area contributed by atoms with Crippen molar-refractivity contribution < 1.29 is 22.6 Å². The van der Waals surface area contributed by atoms with Crippen LogP contribution in [0.15, 0.2) is 40.0 Å². The molecule has 1 atom stereocenters. The summed E-state index contributed by atoms with van der Waals surface area (Å²) in [4.78, 5) is 21.5. The van der Waals surface area contributed by atoms with Crippen LogP contribution in [0.4, 0.5) is 30.4 Å². The summed E-state index contributed by atoms with van der Waals surface area (Å²) in [6.07, 6.45) is -0.735. The Morgan fingerprint density at radius 3 is 2.51 bits per heavy atom. The van der Waals surface area contributed by atoms with Gasteiger partial charge in [-0.15, -0.1) is 11.8 Å². The maximum atomic E-state index is 13.0. The second-order valence-corrected chi connectivity index (χ2v) is 10.1. The van der Waals surface area contributed by atoms with Crippen LogP contribution in [0.25, 0.3) is 11.0 Å². The lowest BCUT2D eigenvalue weighted by Gasteiger charge is -2.37. The molecule has 12 heteroatoms. The van der Waals surface area contributed by atoms with Crippen LogP contribution < -0.4 is 15.1 Å². The third kappa shape index (κ3) is 4.66. The number of fused-ring (bicyclic) bond motifs is 1. The van der Waals surface area contributed by atoms with Gasteiger partial charge >= 0.3 is 6.18 Å². The molecule has 0 saturated carbocycles. The number of pyridine rings is 1. The van der Waals surface area contributed by atoms with Gasteiger partial charge < -0.3 is 15.1 Å². The van der Waals surface area contributed by atoms with Crippen LogP contribution in [-0.2, 0) is 11.0 Å². The number of hydrogen-bond donors (Lipinski definition) is 1. The number of hydrogen-bond acceptors (Lipinski definition) is 8. The number of thioether (sulfide) groups is 1. The lowest BCUT2D eigenvalue weighted by molar-refractivity contribution is -0.137. The van der Waals surface area contributed by atoms with Crippen molar-refractivity contribution in [1.82, 2.24) is 15.3 Å². The van der Waals surface area contributed by atoms with Crippen LogP contribution in [0.5, 0.6) is 0 Å². The highest BCUT2D eigenvalue weighted by Crippen LogP contribution is 2.35. The number of carbonyl (C=O) groups is 1. The minimum atomic E-state index is -4.41. The van der Waals surface area contributed by atoms with Crippen LogP contribution >= 0.6 is 11.8 Å². The van der Waals surface area contributed by atoms with Crippen molar-refractivity contribution in [3.05, 3.63) is 46.5 Å². The van der Waals surface area contributed by atoms with E-state index in [0.717, 1.165) is 24.4 Å². The molecular formula is C23H23F3N6O2S. The number of benzene rings is 1. The van der Waals surface area contributed by atoms with Crippen molar-refractivity contribution in [3.8, 4) is 0 Å². The predicted octanol–water partition coefficient (Wildman–Crippen LogP) is 4.62. The summed E-state index contributed by atoms with van der Waals surface area (Å²) in [6.45, 7) is 6.09. The third-order valence-corrected chi connectivity index (χ3v) is 7.33. The minimum Gasteiger partial charge on any atom is -0.366 e. The second kappa shape index (κ2) is 9.06. The molecule has 0 aliphatic carbocycles. The van der Waals surface area contributed by atoms with Crippen molar-refractivity contribution in [2.45, 2.75) is 31.7 Å². The molecule has 2 aromatic heterocycles. The molecule has 1 amide bonds. The van der Waals surface area contributed by atoms with Gasteiger partial charge in [-0.05, 0) is 47.4 Å². The first-order chi connectivity index (χ1) is 16.7. The standard InChI is InChI=1S/C23H23F3N6O2S/c1-13-11-15(23(24,25)26)12-27-21(13)32-9-7-31(8-10-32)17-5-4-16(19-20(17)30-34-29-19)28-22(33)18-6-3-14(2)35-18/h4-6,11-12,14H,3,7-10H2,1-2H3,(H,28,33). The van der Waals surface area contributed by atoms with E-state index >= 15 is 0 Å². The summed E-state index contributed by atoms with van der Waals surface area (Å²) < 4.78 is 43.9. The van der Waals surface area contributed by atoms with E-state index in [0.29, 0.717) is 64.4 Å². The van der Waals surface area contributed by atoms with Crippen LogP contribution in [0.2, 0.25) is 0 Å². The Morgan fingerprint density at radius 2 is 1.86 bits per heavy atom. The van der Waals surface area contributed by atoms with Gasteiger partial charge in [0.05, 0.1) is 21.8 Å². The number of halogens is 3. The van der Waals surface area contributed by atoms with E-state index in [1.165, 1.54) is 0 Å². The molecular weight excluding hydrogens is 481 g/mol. The van der Waals surface area contributed by atoms with Crippen molar-refractivity contribution in [2.24, 2.45) is 0 Å². The number of rotatable bonds is 4. The van der Waals surface area contributed by atoms with E-state index in [4.69, 9.17) is 4.63 Å². The van der Waals surface area contributed by atoms with Gasteiger partial charge in [0.2, 0.25) is 0 Å². The molecule has 184 valence electrons. The number of nitrogens with zero attached hydrogens (tertiary/aromatic N) is 5. The molecule has 1 N–H and O–H groups in total. The van der Waals surface area contributed by atoms with Gasteiger partial charge in [0, 0.05) is 37.6 Å². The number of amides is 1. The van der Waals surface area contributed by atoms with Crippen LogP contribution in [-0.4, -0.2) is 52.6 Å². The Bertz CT molecular complexity index is 1300. The molecule has 1 fully saturated rings. The first kappa shape index (κ1) is 23.5. The Balaban J connectivity index is 1.30. The summed E-state index contributed by atoms with van der Waals surface area (Å²) in [5.74, 6) is 0.377. The molecule has 1 saturated heterocycles. The molecule has 1 unspecified atom stereocenters. The molecule has 35 heavy (non-hydrogen) atoms. The van der Waals surface area contributed by atoms with E-state index in [9.17, 15) is 18.0 Å². The maximum Gasteiger partial charge on any atom is 0.417 e. The zero-order valence-corrected chi connectivity index (χ0v) is 19.9. The van der Waals surface area contributed by atoms with Crippen molar-refractivity contribution in [1.29, 1.82) is 0 Å². The molecule has 2 aliphatic heterocycles. The van der Waals surface area contributed by atoms with E-state index in [1.54, 1.807) is 24.8 Å². The lowest BCUT2D eigenvalue weighted by atomic mass is 10.1. The van der Waals surface area contributed by atoms with Gasteiger partial charge in [-0.25, -0.2) is 9.61 Å². The number of nitrogens with one attached hydrogen (secondary N) is 1. The molecule has 1 aromatic carbocycles. The van der Waals surface area contributed by atoms with E-state index in [1.807, 2.05) is 17.0 Å². The van der Waals surface area contributed by atoms with E-state index in [-0.39, 0.29) is 5.91 Å². The van der Waals surface area contributed by atoms with Gasteiger partial charge in [-0.3, -0.25) is 4.79 Å². The highest BCUT2D eigenvalue weighted by molar-refractivity contribution is 8.04. The largest absolute Gasteiger partial charge is 0.417 e. The summed E-state index contributed by atoms with van der Waals surface area (Å²) in [5.41, 5.74) is 2.10. The molecule has 0 radical (unpaired) electrons. The Hall–Kier alpha value is -3.28. The van der Waals surface area contributed by atoms with Crippen molar-refractivity contribution >= 4 is 45.9 Å². The van der Waals surface area contributed by atoms with Crippen LogP contribution in [0, 0.1) is 6.92 Å². The number of allylic oxidation sites excluding steroid dienone is 1. The fourth-order valence-electron chi connectivity index (χ4n) is 4.34. The quantitative estimate of drug-likeness (QED) is 0.551. The third-order valence-electron chi connectivity index (χ3n) is 6.13. The number of aromatic nitrogens is 3. The van der Waals surface area contributed by atoms with E-state index < -0.39 is 11.7 Å². The molecule has 4 heterocycles. The summed E-state index contributed by atoms with van der Waals surface area (Å²) in [7, 11) is 0. The number of anilines is 3. The van der Waals surface area contributed by atoms with Gasteiger partial charge in [0.15, 0.2) is 11.0 Å². The monoisotopic (exact) mass is 504 g/mol. The highest BCUT2D eigenvalue weighted by Gasteiger charge is 2.32. The highest BCUT2D eigenvalue weighted by atomic mass is 32.2. The maximum absolute atomic E-state index is 13.0. The average Bonchev–Trinajstić information content (AvgIpc) is 3.49. The smallest absolute Gasteiger partial charge is 0.366 e. The second-order valence-electron chi connectivity index (χ2n) is 8.62. The summed E-state index contributed by atoms with van der Waals surface area (Å²) >= 11 is 1.54. The van der Waals surface area contributed by atoms with Gasteiger partial charge in [-0.1, -0.05) is 13.0 Å². The zero-order chi connectivity index (χ0) is 24.7. The Kier molecular flexibility index (Phi) is 6.07. The minimum absolute atomic E-state index is 0.176. The number of aryl methyl sites for hydroxylation is 1. The summed E-state index contributed by atoms with van der Waals surface area (Å²) in [6, 6.07) is 4.79. The average molecular weight is 505 g/mol. The lowest BCUT2D eigenvalue weighted by Crippen LogP contribution is -2.47. The summed E-state index contributed by atoms with van der Waals surface area (Å²) in [5, 5.41) is 11.4. The molecule has 2 aliphatic rings. The normalized spacial score (nSPS) is 18.8. The number of piperazine rings is 1. The molecule has 3 aromatic rings. The van der Waals surface area contributed by atoms with Crippen LogP contribution in [0.1, 0.15) is 24.5 Å². The van der Waals surface area contributed by atoms with Crippen molar-refractivity contribution in [3.63, 3.8) is 0 Å². The molecule has 0 bridgehead atoms. The fourth-order valence-corrected chi connectivity index (χ4v) is 5.31. The number of alkyl halides is 3. The first-order valence-electron chi connectivity index (χ1n) is 11.2. The van der Waals surface area contributed by atoms with Gasteiger partial charge in [0.1, 0.15) is 5.82 Å². The fraction of sp³-hybridized carbons (Fsp3) is 0.391. The van der Waals surface area contributed by atoms with Gasteiger partial charge in [0.25, 0.3) is 5.91 Å². The Morgan fingerprint density at radius 1 is 1.14 bits per heavy atom. The van der Waals surface area contributed by atoms with Crippen molar-refractivity contribution in [2.75, 3.05) is 41.3 Å². The molecule has 5 rings (SSSR count). The van der Waals surface area contributed by atoms with Crippen LogP contribution in [0.3, 0.4) is 0 Å². The molecule has 8 nitrogen and oxygen atoms in total. The topological polar surface area (TPSA) is 87.4 Å². The predicted molar refractivity (Wildman–Crippen MR) is 129 cm³/mol. The zero-order valence-electron chi connectivity index (χ0n) is 19.1. The number of carbonyl (C=O) groups excluding carboxylic acids is 1. The molecule has 0 spiro atoms.